The van der Waals surface area contributed by atoms with E-state index in [0.29, 0.717) is 21.4 Å². The molecule has 0 fully saturated rings. The van der Waals surface area contributed by atoms with Crippen molar-refractivity contribution in [3.63, 3.8) is 0 Å². The summed E-state index contributed by atoms with van der Waals surface area (Å²) in [5.74, 6) is -1.13. The quantitative estimate of drug-likeness (QED) is 0.444. The lowest BCUT2D eigenvalue weighted by Gasteiger charge is -2.05. The number of H-pyrrole nitrogens is 1. The van der Waals surface area contributed by atoms with Crippen molar-refractivity contribution in [2.24, 2.45) is 0 Å². The lowest BCUT2D eigenvalue weighted by atomic mass is 10.3. The van der Waals surface area contributed by atoms with Gasteiger partial charge in [-0.3, -0.25) is 30.6 Å². The van der Waals surface area contributed by atoms with Crippen LogP contribution in [0.4, 0.5) is 5.13 Å². The summed E-state index contributed by atoms with van der Waals surface area (Å²) in [6.45, 7) is 0. The summed E-state index contributed by atoms with van der Waals surface area (Å²) in [6, 6.07) is 5.09. The second kappa shape index (κ2) is 8.25. The van der Waals surface area contributed by atoms with Crippen LogP contribution in [0.25, 0.3) is 0 Å². The minimum absolute atomic E-state index is 0.0277. The molecule has 0 unspecified atom stereocenters. The van der Waals surface area contributed by atoms with Crippen molar-refractivity contribution >= 4 is 61.5 Å². The fraction of sp³-hybridized carbons (Fsp3) is 0.0667. The molecule has 3 heterocycles. The molecule has 8 nitrogen and oxygen atoms in total. The number of anilines is 1. The highest BCUT2D eigenvalue weighted by molar-refractivity contribution is 9.10. The van der Waals surface area contributed by atoms with E-state index in [4.69, 9.17) is 0 Å². The lowest BCUT2D eigenvalue weighted by Crippen LogP contribution is -2.42. The van der Waals surface area contributed by atoms with Crippen molar-refractivity contribution in [1.82, 2.24) is 20.8 Å². The molecule has 134 valence electrons. The maximum atomic E-state index is 12.0. The van der Waals surface area contributed by atoms with Gasteiger partial charge in [-0.1, -0.05) is 6.07 Å². The molecule has 3 rings (SSSR count). The predicted octanol–water partition coefficient (Wildman–Crippen LogP) is 2.55. The van der Waals surface area contributed by atoms with Crippen LogP contribution < -0.4 is 16.2 Å². The van der Waals surface area contributed by atoms with Gasteiger partial charge in [0.25, 0.3) is 11.8 Å². The minimum atomic E-state index is -0.466. The van der Waals surface area contributed by atoms with E-state index < -0.39 is 11.8 Å². The molecule has 0 aromatic carbocycles. The number of aromatic nitrogens is 2. The summed E-state index contributed by atoms with van der Waals surface area (Å²) in [7, 11) is 0. The smallest absolute Gasteiger partial charge is 0.286 e. The Morgan fingerprint density at radius 2 is 2.04 bits per heavy atom. The van der Waals surface area contributed by atoms with Gasteiger partial charge in [0.05, 0.1) is 17.0 Å². The summed E-state index contributed by atoms with van der Waals surface area (Å²) in [6.07, 6.45) is 1.58. The average Bonchev–Trinajstić information content (AvgIpc) is 3.34. The molecule has 0 saturated heterocycles. The highest BCUT2D eigenvalue weighted by Gasteiger charge is 2.13. The number of hydrazine groups is 1. The van der Waals surface area contributed by atoms with Gasteiger partial charge in [-0.2, -0.15) is 0 Å². The molecular formula is C15H12BrN5O3S2. The van der Waals surface area contributed by atoms with Crippen molar-refractivity contribution in [3.05, 3.63) is 55.9 Å². The molecule has 0 radical (unpaired) electrons. The van der Waals surface area contributed by atoms with E-state index in [9.17, 15) is 14.4 Å². The van der Waals surface area contributed by atoms with E-state index >= 15 is 0 Å². The fourth-order valence-electron chi connectivity index (χ4n) is 1.91. The number of amides is 3. The maximum absolute atomic E-state index is 12.0. The Labute approximate surface area is 164 Å². The topological polar surface area (TPSA) is 116 Å². The number of carbonyl (C=O) groups is 3. The Bertz CT molecular complexity index is 935. The van der Waals surface area contributed by atoms with Crippen LogP contribution >= 0.6 is 38.6 Å². The predicted molar refractivity (Wildman–Crippen MR) is 102 cm³/mol. The number of halogens is 1. The Morgan fingerprint density at radius 3 is 2.73 bits per heavy atom. The molecule has 0 saturated carbocycles. The number of thiophene rings is 1. The number of hydrogen-bond acceptors (Lipinski definition) is 6. The third-order valence-electron chi connectivity index (χ3n) is 3.07. The largest absolute Gasteiger partial charge is 0.356 e. The third kappa shape index (κ3) is 4.77. The van der Waals surface area contributed by atoms with Crippen LogP contribution in [0.5, 0.6) is 0 Å². The number of aromatic amines is 1. The first-order chi connectivity index (χ1) is 12.5. The van der Waals surface area contributed by atoms with Crippen LogP contribution in [0.15, 0.2) is 39.6 Å². The molecule has 0 bridgehead atoms. The minimum Gasteiger partial charge on any atom is -0.356 e. The van der Waals surface area contributed by atoms with Gasteiger partial charge in [-0.15, -0.1) is 22.7 Å². The van der Waals surface area contributed by atoms with Crippen molar-refractivity contribution in [2.45, 2.75) is 6.42 Å². The second-order valence-corrected chi connectivity index (χ2v) is 7.71. The van der Waals surface area contributed by atoms with Crippen LogP contribution in [0.3, 0.4) is 0 Å². The van der Waals surface area contributed by atoms with Gasteiger partial charge in [-0.25, -0.2) is 4.98 Å². The molecule has 4 N–H and O–H groups in total. The zero-order valence-electron chi connectivity index (χ0n) is 13.0. The molecule has 3 amide bonds. The number of thiazole rings is 1. The van der Waals surface area contributed by atoms with Gasteiger partial charge in [0, 0.05) is 16.0 Å². The molecule has 0 atom stereocenters. The molecule has 0 aliphatic rings. The van der Waals surface area contributed by atoms with Gasteiger partial charge in [0.2, 0.25) is 5.91 Å². The van der Waals surface area contributed by atoms with Crippen LogP contribution in [-0.4, -0.2) is 27.7 Å². The standard InChI is InChI=1S/C15H12BrN5O3S2/c16-8-4-10(17-6-8)13(23)21-20-12(22)5-9-7-26-15(18-9)19-14(24)11-2-1-3-25-11/h1-4,6-7,17H,5H2,(H,20,22)(H,21,23)(H,18,19,24). The number of carbonyl (C=O) groups excluding carboxylic acids is 3. The molecule has 11 heteroatoms. The number of nitrogens with zero attached hydrogens (tertiary/aromatic N) is 1. The van der Waals surface area contributed by atoms with E-state index in [-0.39, 0.29) is 12.3 Å². The molecule has 3 aromatic heterocycles. The zero-order valence-corrected chi connectivity index (χ0v) is 16.3. The first-order valence-electron chi connectivity index (χ1n) is 7.23. The molecular weight excluding hydrogens is 442 g/mol. The van der Waals surface area contributed by atoms with E-state index in [0.717, 1.165) is 4.47 Å². The van der Waals surface area contributed by atoms with Crippen LogP contribution in [0.2, 0.25) is 0 Å². The zero-order chi connectivity index (χ0) is 18.5. The molecule has 3 aromatic rings. The monoisotopic (exact) mass is 453 g/mol. The fourth-order valence-corrected chi connectivity index (χ4v) is 3.58. The summed E-state index contributed by atoms with van der Waals surface area (Å²) in [5.41, 5.74) is 5.42. The van der Waals surface area contributed by atoms with Crippen LogP contribution in [0, 0.1) is 0 Å². The summed E-state index contributed by atoms with van der Waals surface area (Å²) in [4.78, 5) is 43.2. The number of hydrogen-bond donors (Lipinski definition) is 4. The second-order valence-electron chi connectivity index (χ2n) is 4.99. The Balaban J connectivity index is 1.48. The van der Waals surface area contributed by atoms with E-state index in [1.807, 2.05) is 5.38 Å². The Hall–Kier alpha value is -2.50. The van der Waals surface area contributed by atoms with Crippen molar-refractivity contribution in [1.29, 1.82) is 0 Å². The van der Waals surface area contributed by atoms with Gasteiger partial charge >= 0.3 is 0 Å². The summed E-state index contributed by atoms with van der Waals surface area (Å²) < 4.78 is 0.730. The van der Waals surface area contributed by atoms with E-state index in [1.54, 1.807) is 29.8 Å². The molecule has 0 aliphatic heterocycles. The normalized spacial score (nSPS) is 10.3. The highest BCUT2D eigenvalue weighted by Crippen LogP contribution is 2.18. The van der Waals surface area contributed by atoms with Gasteiger partial charge < -0.3 is 4.98 Å². The van der Waals surface area contributed by atoms with Gasteiger partial charge in [0.1, 0.15) is 5.69 Å². The van der Waals surface area contributed by atoms with Crippen molar-refractivity contribution in [3.8, 4) is 0 Å². The van der Waals surface area contributed by atoms with E-state index in [2.05, 4.69) is 42.1 Å². The molecule has 0 spiro atoms. The first kappa shape index (κ1) is 18.3. The van der Waals surface area contributed by atoms with Gasteiger partial charge in [0.15, 0.2) is 5.13 Å². The number of rotatable bonds is 5. The Kier molecular flexibility index (Phi) is 5.81. The SMILES string of the molecule is O=C(Cc1csc(NC(=O)c2cccs2)n1)NNC(=O)c1cc(Br)c[nH]1. The van der Waals surface area contributed by atoms with Crippen LogP contribution in [0.1, 0.15) is 25.9 Å². The van der Waals surface area contributed by atoms with Crippen molar-refractivity contribution < 1.29 is 14.4 Å². The first-order valence-corrected chi connectivity index (χ1v) is 9.79. The van der Waals surface area contributed by atoms with E-state index in [1.165, 1.54) is 22.7 Å². The third-order valence-corrected chi connectivity index (χ3v) is 5.20. The summed E-state index contributed by atoms with van der Waals surface area (Å²) >= 11 is 5.78. The van der Waals surface area contributed by atoms with Crippen molar-refractivity contribution in [2.75, 3.05) is 5.32 Å². The lowest BCUT2D eigenvalue weighted by molar-refractivity contribution is -0.121. The molecule has 0 aliphatic carbocycles. The molecule has 26 heavy (non-hydrogen) atoms. The Morgan fingerprint density at radius 1 is 1.19 bits per heavy atom. The number of nitrogens with one attached hydrogen (secondary N) is 4. The van der Waals surface area contributed by atoms with Gasteiger partial charge in [-0.05, 0) is 33.4 Å². The maximum Gasteiger partial charge on any atom is 0.286 e. The average molecular weight is 454 g/mol. The summed E-state index contributed by atoms with van der Waals surface area (Å²) in [5, 5.41) is 6.58. The van der Waals surface area contributed by atoms with Crippen LogP contribution in [-0.2, 0) is 11.2 Å². The highest BCUT2D eigenvalue weighted by atomic mass is 79.9.